The summed E-state index contributed by atoms with van der Waals surface area (Å²) in [5.41, 5.74) is 6.93. The highest BCUT2D eigenvalue weighted by atomic mass is 19.1. The predicted octanol–water partition coefficient (Wildman–Crippen LogP) is 3.83. The van der Waals surface area contributed by atoms with E-state index in [2.05, 4.69) is 5.32 Å². The molecule has 8 nitrogen and oxygen atoms in total. The fourth-order valence-corrected chi connectivity index (χ4v) is 5.84. The van der Waals surface area contributed by atoms with Crippen LogP contribution in [-0.4, -0.2) is 48.9 Å². The number of amides is 1. The van der Waals surface area contributed by atoms with Gasteiger partial charge in [0.1, 0.15) is 16.8 Å². The summed E-state index contributed by atoms with van der Waals surface area (Å²) in [5.74, 6) is -0.310. The number of hydrogen-bond donors (Lipinski definition) is 2. The van der Waals surface area contributed by atoms with E-state index < -0.39 is 17.2 Å². The Morgan fingerprint density at radius 2 is 1.97 bits per heavy atom. The molecule has 3 aliphatic heterocycles. The van der Waals surface area contributed by atoms with E-state index in [0.717, 1.165) is 30.0 Å². The van der Waals surface area contributed by atoms with Crippen LogP contribution >= 0.6 is 0 Å². The monoisotopic (exact) mass is 514 g/mol. The van der Waals surface area contributed by atoms with Gasteiger partial charge in [-0.15, -0.1) is 0 Å². The lowest BCUT2D eigenvalue weighted by Crippen LogP contribution is -2.35. The smallest absolute Gasteiger partial charge is 0.256 e. The minimum atomic E-state index is -0.577. The molecule has 2 atom stereocenters. The van der Waals surface area contributed by atoms with Gasteiger partial charge in [-0.1, -0.05) is 24.3 Å². The van der Waals surface area contributed by atoms with Crippen molar-refractivity contribution in [2.45, 2.75) is 31.4 Å². The molecule has 1 aromatic heterocycles. The molecule has 2 fully saturated rings. The Bertz CT molecular complexity index is 1680. The van der Waals surface area contributed by atoms with Crippen molar-refractivity contribution in [1.82, 2.24) is 9.88 Å². The highest BCUT2D eigenvalue weighted by molar-refractivity contribution is 6.02. The van der Waals surface area contributed by atoms with Crippen molar-refractivity contribution < 1.29 is 18.7 Å². The molecule has 2 unspecified atom stereocenters. The first-order valence-electron chi connectivity index (χ1n) is 13.0. The topological polar surface area (TPSA) is 98.8 Å². The van der Waals surface area contributed by atoms with E-state index in [4.69, 9.17) is 15.2 Å². The van der Waals surface area contributed by atoms with Gasteiger partial charge in [0.25, 0.3) is 5.91 Å². The SMILES string of the molecule is NC1CCN(c2c(F)cc3c(=O)c(C(=O)NCC4CCCO4)cn4c3c2Oc2cc3ccccc3cc2-4)C1. The van der Waals surface area contributed by atoms with Crippen LogP contribution in [0.2, 0.25) is 0 Å². The first-order valence-corrected chi connectivity index (χ1v) is 13.0. The van der Waals surface area contributed by atoms with Gasteiger partial charge in [-0.25, -0.2) is 4.39 Å². The van der Waals surface area contributed by atoms with Crippen LogP contribution in [0.3, 0.4) is 0 Å². The molecule has 3 aromatic carbocycles. The van der Waals surface area contributed by atoms with Gasteiger partial charge in [-0.05, 0) is 48.2 Å². The lowest BCUT2D eigenvalue weighted by molar-refractivity contribution is 0.0856. The molecule has 9 heteroatoms. The van der Waals surface area contributed by atoms with Gasteiger partial charge in [-0.3, -0.25) is 9.59 Å². The van der Waals surface area contributed by atoms with E-state index in [1.54, 1.807) is 10.8 Å². The highest BCUT2D eigenvalue weighted by Crippen LogP contribution is 2.48. The molecule has 1 amide bonds. The summed E-state index contributed by atoms with van der Waals surface area (Å²) in [6.07, 6.45) is 4.01. The third-order valence-corrected chi connectivity index (χ3v) is 7.77. The Morgan fingerprint density at radius 1 is 1.16 bits per heavy atom. The first kappa shape index (κ1) is 23.2. The van der Waals surface area contributed by atoms with Crippen LogP contribution in [0.25, 0.3) is 27.4 Å². The molecule has 4 aromatic rings. The second kappa shape index (κ2) is 8.82. The summed E-state index contributed by atoms with van der Waals surface area (Å²) < 4.78 is 29.5. The molecule has 0 radical (unpaired) electrons. The molecular weight excluding hydrogens is 487 g/mol. The van der Waals surface area contributed by atoms with Gasteiger partial charge >= 0.3 is 0 Å². The van der Waals surface area contributed by atoms with Gasteiger partial charge < -0.3 is 30.0 Å². The van der Waals surface area contributed by atoms with Gasteiger partial charge in [0.05, 0.1) is 17.2 Å². The minimum absolute atomic E-state index is 0.0576. The average molecular weight is 515 g/mol. The first-order chi connectivity index (χ1) is 18.5. The molecule has 7 rings (SSSR count). The van der Waals surface area contributed by atoms with Crippen molar-refractivity contribution in [1.29, 1.82) is 0 Å². The maximum absolute atomic E-state index is 15.8. The Kier molecular flexibility index (Phi) is 5.38. The molecule has 0 bridgehead atoms. The van der Waals surface area contributed by atoms with E-state index in [-0.39, 0.29) is 34.5 Å². The van der Waals surface area contributed by atoms with Crippen LogP contribution in [0, 0.1) is 5.82 Å². The number of rotatable bonds is 4. The normalized spacial score (nSPS) is 20.1. The molecule has 0 saturated carbocycles. The molecular formula is C29H27FN4O4. The largest absolute Gasteiger partial charge is 0.451 e. The zero-order valence-corrected chi connectivity index (χ0v) is 20.7. The zero-order chi connectivity index (χ0) is 26.0. The summed E-state index contributed by atoms with van der Waals surface area (Å²) in [6, 6.07) is 12.9. The van der Waals surface area contributed by atoms with Crippen LogP contribution < -0.4 is 26.1 Å². The van der Waals surface area contributed by atoms with Crippen molar-refractivity contribution >= 4 is 33.3 Å². The molecule has 3 N–H and O–H groups in total. The number of aromatic nitrogens is 1. The number of fused-ring (bicyclic) bond motifs is 3. The van der Waals surface area contributed by atoms with Crippen molar-refractivity contribution in [2.75, 3.05) is 31.1 Å². The van der Waals surface area contributed by atoms with Crippen molar-refractivity contribution in [3.8, 4) is 17.2 Å². The fourth-order valence-electron chi connectivity index (χ4n) is 5.84. The third kappa shape index (κ3) is 3.65. The van der Waals surface area contributed by atoms with Crippen LogP contribution in [0.15, 0.2) is 53.5 Å². The number of nitrogens with zero attached hydrogens (tertiary/aromatic N) is 2. The van der Waals surface area contributed by atoms with E-state index in [1.165, 1.54) is 6.07 Å². The molecule has 0 aliphatic carbocycles. The number of ether oxygens (including phenoxy) is 2. The third-order valence-electron chi connectivity index (χ3n) is 7.77. The van der Waals surface area contributed by atoms with Crippen LogP contribution in [0.4, 0.5) is 10.1 Å². The molecule has 4 heterocycles. The summed E-state index contributed by atoms with van der Waals surface area (Å²) in [5, 5.41) is 4.86. The maximum Gasteiger partial charge on any atom is 0.256 e. The van der Waals surface area contributed by atoms with Crippen LogP contribution in [-0.2, 0) is 4.74 Å². The summed E-state index contributed by atoms with van der Waals surface area (Å²) in [4.78, 5) is 28.7. The molecule has 38 heavy (non-hydrogen) atoms. The summed E-state index contributed by atoms with van der Waals surface area (Å²) >= 11 is 0. The number of nitrogens with one attached hydrogen (secondary N) is 1. The lowest BCUT2D eigenvalue weighted by Gasteiger charge is -2.29. The van der Waals surface area contributed by atoms with Crippen molar-refractivity contribution in [3.63, 3.8) is 0 Å². The van der Waals surface area contributed by atoms with Crippen molar-refractivity contribution in [2.24, 2.45) is 5.73 Å². The standard InChI is InChI=1S/C29H27FN4O4/c30-22-12-20-25-28(26(22)33-8-7-18(31)14-33)38-24-11-17-5-2-1-4-16(17)10-23(24)34(25)15-21(27(20)35)29(36)32-13-19-6-3-9-37-19/h1-2,4-5,10-12,15,18-19H,3,6-9,13-14,31H2,(H,32,36). The second-order valence-electron chi connectivity index (χ2n) is 10.3. The Balaban J connectivity index is 1.45. The second-order valence-corrected chi connectivity index (χ2v) is 10.3. The number of hydrogen-bond acceptors (Lipinski definition) is 6. The number of carbonyl (C=O) groups excluding carboxylic acids is 1. The molecule has 194 valence electrons. The average Bonchev–Trinajstić information content (AvgIpc) is 3.59. The predicted molar refractivity (Wildman–Crippen MR) is 143 cm³/mol. The molecule has 3 aliphatic rings. The summed E-state index contributed by atoms with van der Waals surface area (Å²) in [7, 11) is 0. The van der Waals surface area contributed by atoms with Crippen LogP contribution in [0.1, 0.15) is 29.6 Å². The maximum atomic E-state index is 15.8. The number of anilines is 1. The van der Waals surface area contributed by atoms with Crippen LogP contribution in [0.5, 0.6) is 11.5 Å². The lowest BCUT2D eigenvalue weighted by atomic mass is 10.0. The van der Waals surface area contributed by atoms with Gasteiger partial charge in [-0.2, -0.15) is 0 Å². The number of nitrogens with two attached hydrogens (primary N) is 1. The van der Waals surface area contributed by atoms with Gasteiger partial charge in [0.2, 0.25) is 5.43 Å². The number of benzene rings is 3. The number of pyridine rings is 1. The van der Waals surface area contributed by atoms with Gasteiger partial charge in [0, 0.05) is 38.5 Å². The zero-order valence-electron chi connectivity index (χ0n) is 20.7. The summed E-state index contributed by atoms with van der Waals surface area (Å²) in [6.45, 7) is 2.05. The van der Waals surface area contributed by atoms with E-state index >= 15 is 4.39 Å². The molecule has 0 spiro atoms. The minimum Gasteiger partial charge on any atom is -0.451 e. The Hall–Kier alpha value is -3.95. The number of carbonyl (C=O) groups is 1. The molecule has 2 saturated heterocycles. The highest BCUT2D eigenvalue weighted by Gasteiger charge is 2.33. The number of halogens is 1. The van der Waals surface area contributed by atoms with E-state index in [0.29, 0.717) is 43.2 Å². The Morgan fingerprint density at radius 3 is 2.71 bits per heavy atom. The van der Waals surface area contributed by atoms with E-state index in [9.17, 15) is 9.59 Å². The quantitative estimate of drug-likeness (QED) is 0.378. The van der Waals surface area contributed by atoms with Crippen molar-refractivity contribution in [3.05, 3.63) is 70.3 Å². The Labute approximate surface area is 217 Å². The fraction of sp³-hybridized carbons (Fsp3) is 0.310. The van der Waals surface area contributed by atoms with E-state index in [1.807, 2.05) is 41.3 Å². The van der Waals surface area contributed by atoms with Gasteiger partial charge in [0.15, 0.2) is 17.3 Å².